The summed E-state index contributed by atoms with van der Waals surface area (Å²) in [6, 6.07) is 6.27. The quantitative estimate of drug-likeness (QED) is 0.751. The van der Waals surface area contributed by atoms with Gasteiger partial charge in [-0.15, -0.1) is 0 Å². The molecule has 0 aromatic heterocycles. The number of imide groups is 1. The van der Waals surface area contributed by atoms with Crippen LogP contribution >= 0.6 is 11.6 Å². The minimum absolute atomic E-state index is 0.129. The highest BCUT2D eigenvalue weighted by molar-refractivity contribution is 6.31. The van der Waals surface area contributed by atoms with Gasteiger partial charge in [0, 0.05) is 37.6 Å². The smallest absolute Gasteiger partial charge is 0.328 e. The second-order valence-corrected chi connectivity index (χ2v) is 7.43. The maximum absolute atomic E-state index is 13.3. The van der Waals surface area contributed by atoms with E-state index in [4.69, 9.17) is 21.3 Å². The van der Waals surface area contributed by atoms with Crippen molar-refractivity contribution in [1.29, 1.82) is 0 Å². The van der Waals surface area contributed by atoms with Crippen molar-refractivity contribution in [3.8, 4) is 0 Å². The Labute approximate surface area is 168 Å². The summed E-state index contributed by atoms with van der Waals surface area (Å²) >= 11 is 6.24. The number of carbonyl (C=O) groups is 2. The van der Waals surface area contributed by atoms with E-state index in [-0.39, 0.29) is 18.5 Å². The Morgan fingerprint density at radius 1 is 1.21 bits per heavy atom. The molecule has 0 spiro atoms. The third kappa shape index (κ3) is 2.84. The average Bonchev–Trinajstić information content (AvgIpc) is 3.18. The molecule has 9 heteroatoms. The van der Waals surface area contributed by atoms with Gasteiger partial charge in [0.2, 0.25) is 5.96 Å². The van der Waals surface area contributed by atoms with Crippen LogP contribution in [0.25, 0.3) is 0 Å². The van der Waals surface area contributed by atoms with Gasteiger partial charge in [0.05, 0.1) is 13.2 Å². The van der Waals surface area contributed by atoms with E-state index in [0.717, 1.165) is 11.3 Å². The fourth-order valence-electron chi connectivity index (χ4n) is 3.80. The van der Waals surface area contributed by atoms with Gasteiger partial charge in [0.15, 0.2) is 12.2 Å². The number of guanidine groups is 1. The SMILES string of the molecule is COCCN1C(C)=CN2C1=NC1C2C(=O)N(Cc2ccccc2Cl)C(=O)N1C. The van der Waals surface area contributed by atoms with Crippen LogP contribution in [0, 0.1) is 0 Å². The van der Waals surface area contributed by atoms with Gasteiger partial charge in [-0.25, -0.2) is 9.79 Å². The number of allylic oxidation sites excluding steroid dienone is 1. The van der Waals surface area contributed by atoms with Crippen molar-refractivity contribution < 1.29 is 14.3 Å². The number of amides is 3. The Morgan fingerprint density at radius 3 is 2.68 bits per heavy atom. The molecule has 1 aromatic rings. The summed E-state index contributed by atoms with van der Waals surface area (Å²) in [5, 5.41) is 0.527. The fraction of sp³-hybridized carbons (Fsp3) is 0.421. The number of rotatable bonds is 5. The van der Waals surface area contributed by atoms with Crippen molar-refractivity contribution in [3.05, 3.63) is 46.7 Å². The molecular weight excluding hydrogens is 382 g/mol. The number of benzene rings is 1. The first-order chi connectivity index (χ1) is 13.4. The van der Waals surface area contributed by atoms with Gasteiger partial charge in [-0.2, -0.15) is 0 Å². The first kappa shape index (κ1) is 18.8. The van der Waals surface area contributed by atoms with E-state index in [9.17, 15) is 9.59 Å². The van der Waals surface area contributed by atoms with Crippen LogP contribution in [0.4, 0.5) is 4.79 Å². The van der Waals surface area contributed by atoms with Gasteiger partial charge in [-0.3, -0.25) is 9.69 Å². The molecule has 2 unspecified atom stereocenters. The number of carbonyl (C=O) groups excluding carboxylic acids is 2. The molecule has 4 rings (SSSR count). The summed E-state index contributed by atoms with van der Waals surface area (Å²) in [5.74, 6) is 0.404. The van der Waals surface area contributed by atoms with Gasteiger partial charge >= 0.3 is 6.03 Å². The maximum Gasteiger partial charge on any atom is 0.328 e. The lowest BCUT2D eigenvalue weighted by Gasteiger charge is -2.40. The van der Waals surface area contributed by atoms with Gasteiger partial charge in [-0.05, 0) is 18.6 Å². The van der Waals surface area contributed by atoms with Crippen molar-refractivity contribution in [2.75, 3.05) is 27.3 Å². The molecule has 0 bridgehead atoms. The molecule has 3 aliphatic heterocycles. The molecule has 8 nitrogen and oxygen atoms in total. The van der Waals surface area contributed by atoms with E-state index in [1.807, 2.05) is 41.1 Å². The van der Waals surface area contributed by atoms with E-state index >= 15 is 0 Å². The summed E-state index contributed by atoms with van der Waals surface area (Å²) in [4.78, 5) is 37.5. The van der Waals surface area contributed by atoms with E-state index < -0.39 is 12.2 Å². The number of aliphatic imine (C=N–C) groups is 1. The number of fused-ring (bicyclic) bond motifs is 3. The highest BCUT2D eigenvalue weighted by Gasteiger charge is 2.54. The normalized spacial score (nSPS) is 23.9. The van der Waals surface area contributed by atoms with E-state index in [0.29, 0.717) is 24.1 Å². The van der Waals surface area contributed by atoms with Crippen LogP contribution in [0.1, 0.15) is 12.5 Å². The predicted molar refractivity (Wildman–Crippen MR) is 104 cm³/mol. The molecule has 1 aromatic carbocycles. The molecule has 28 heavy (non-hydrogen) atoms. The Balaban J connectivity index is 1.62. The summed E-state index contributed by atoms with van der Waals surface area (Å²) in [5.41, 5.74) is 1.71. The molecule has 1 saturated heterocycles. The number of halogens is 1. The van der Waals surface area contributed by atoms with Crippen molar-refractivity contribution >= 4 is 29.5 Å². The van der Waals surface area contributed by atoms with Gasteiger partial charge < -0.3 is 19.4 Å². The molecule has 0 radical (unpaired) electrons. The molecule has 0 N–H and O–H groups in total. The maximum atomic E-state index is 13.3. The van der Waals surface area contributed by atoms with Crippen LogP contribution in [-0.4, -0.2) is 77.0 Å². The van der Waals surface area contributed by atoms with Gasteiger partial charge in [0.25, 0.3) is 5.91 Å². The zero-order valence-electron chi connectivity index (χ0n) is 16.0. The van der Waals surface area contributed by atoms with Crippen LogP contribution in [0.3, 0.4) is 0 Å². The van der Waals surface area contributed by atoms with Crippen molar-refractivity contribution in [2.24, 2.45) is 4.99 Å². The summed E-state index contributed by atoms with van der Waals surface area (Å²) < 4.78 is 5.18. The number of likely N-dealkylation sites (N-methyl/N-ethyl adjacent to an activating group) is 1. The van der Waals surface area contributed by atoms with Gasteiger partial charge in [0.1, 0.15) is 0 Å². The van der Waals surface area contributed by atoms with Crippen LogP contribution in [0.5, 0.6) is 0 Å². The Hall–Kier alpha value is -2.58. The van der Waals surface area contributed by atoms with Crippen molar-refractivity contribution in [2.45, 2.75) is 25.7 Å². The third-order valence-electron chi connectivity index (χ3n) is 5.31. The largest absolute Gasteiger partial charge is 0.383 e. The lowest BCUT2D eigenvalue weighted by molar-refractivity contribution is -0.137. The molecule has 1 fully saturated rings. The van der Waals surface area contributed by atoms with Crippen molar-refractivity contribution in [3.63, 3.8) is 0 Å². The third-order valence-corrected chi connectivity index (χ3v) is 5.68. The highest BCUT2D eigenvalue weighted by atomic mass is 35.5. The molecule has 3 aliphatic rings. The van der Waals surface area contributed by atoms with Crippen LogP contribution in [-0.2, 0) is 16.1 Å². The average molecular weight is 404 g/mol. The summed E-state index contributed by atoms with van der Waals surface area (Å²) in [7, 11) is 3.32. The Morgan fingerprint density at radius 2 is 1.96 bits per heavy atom. The Kier molecular flexibility index (Phi) is 4.76. The lowest BCUT2D eigenvalue weighted by atomic mass is 10.1. The molecule has 2 atom stereocenters. The first-order valence-electron chi connectivity index (χ1n) is 9.06. The predicted octanol–water partition coefficient (Wildman–Crippen LogP) is 1.92. The number of urea groups is 1. The summed E-state index contributed by atoms with van der Waals surface area (Å²) in [6.45, 7) is 3.26. The van der Waals surface area contributed by atoms with Crippen LogP contribution in [0.15, 0.2) is 41.2 Å². The van der Waals surface area contributed by atoms with Crippen LogP contribution in [0.2, 0.25) is 5.02 Å². The topological polar surface area (TPSA) is 68.7 Å². The number of nitrogens with zero attached hydrogens (tertiary/aromatic N) is 5. The minimum Gasteiger partial charge on any atom is -0.383 e. The second-order valence-electron chi connectivity index (χ2n) is 7.02. The monoisotopic (exact) mass is 403 g/mol. The molecule has 148 valence electrons. The molecular formula is C19H22ClN5O3. The van der Waals surface area contributed by atoms with E-state index in [2.05, 4.69) is 0 Å². The molecule has 0 saturated carbocycles. The van der Waals surface area contributed by atoms with Crippen LogP contribution < -0.4 is 0 Å². The van der Waals surface area contributed by atoms with E-state index in [1.165, 1.54) is 9.80 Å². The first-order valence-corrected chi connectivity index (χ1v) is 9.44. The molecule has 3 heterocycles. The molecule has 3 amide bonds. The number of hydrogen-bond donors (Lipinski definition) is 0. The fourth-order valence-corrected chi connectivity index (χ4v) is 4.00. The number of ether oxygens (including phenoxy) is 1. The highest BCUT2D eigenvalue weighted by Crippen LogP contribution is 2.34. The van der Waals surface area contributed by atoms with E-state index in [1.54, 1.807) is 20.2 Å². The minimum atomic E-state index is -0.581. The number of hydrogen-bond acceptors (Lipinski definition) is 6. The zero-order valence-corrected chi connectivity index (χ0v) is 16.8. The standard InChI is InChI=1S/C19H22ClN5O3/c1-12-10-24-15-16(21-18(24)23(12)8-9-28-3)22(2)19(27)25(17(15)26)11-13-6-4-5-7-14(13)20/h4-7,10,15-16H,8-9,11H2,1-3H3. The second kappa shape index (κ2) is 7.10. The van der Waals surface area contributed by atoms with Gasteiger partial charge in [-0.1, -0.05) is 29.8 Å². The lowest BCUT2D eigenvalue weighted by Crippen LogP contribution is -2.63. The zero-order chi connectivity index (χ0) is 20.0. The molecule has 0 aliphatic carbocycles. The summed E-state index contributed by atoms with van der Waals surface area (Å²) in [6.07, 6.45) is 1.36. The Bertz CT molecular complexity index is 886. The van der Waals surface area contributed by atoms with Crippen molar-refractivity contribution in [1.82, 2.24) is 19.6 Å². The number of methoxy groups -OCH3 is 1.